The molecule has 1 aromatic heterocycles. The van der Waals surface area contributed by atoms with Crippen molar-refractivity contribution in [2.75, 3.05) is 14.2 Å². The van der Waals surface area contributed by atoms with Crippen molar-refractivity contribution >= 4 is 34.7 Å². The van der Waals surface area contributed by atoms with Gasteiger partial charge in [0.25, 0.3) is 0 Å². The van der Waals surface area contributed by atoms with Crippen LogP contribution in [-0.2, 0) is 0 Å². The van der Waals surface area contributed by atoms with Crippen LogP contribution in [-0.4, -0.2) is 20.4 Å². The number of benzene rings is 1. The van der Waals surface area contributed by atoms with Crippen LogP contribution in [0.5, 0.6) is 11.5 Å². The Kier molecular flexibility index (Phi) is 5.08. The molecule has 0 fully saturated rings. The number of nitrogens with zero attached hydrogens (tertiary/aromatic N) is 2. The summed E-state index contributed by atoms with van der Waals surface area (Å²) in [5.41, 5.74) is 2.11. The number of hydrogen-bond acceptors (Lipinski definition) is 5. The van der Waals surface area contributed by atoms with Gasteiger partial charge >= 0.3 is 0 Å². The van der Waals surface area contributed by atoms with Gasteiger partial charge in [0.2, 0.25) is 5.88 Å². The first kappa shape index (κ1) is 16.4. The molecule has 0 atom stereocenters. The van der Waals surface area contributed by atoms with Crippen LogP contribution >= 0.6 is 22.6 Å². The van der Waals surface area contributed by atoms with Gasteiger partial charge < -0.3 is 13.9 Å². The molecular formula is C16H15IN2O3. The zero-order valence-corrected chi connectivity index (χ0v) is 14.9. The van der Waals surface area contributed by atoms with E-state index in [1.165, 1.54) is 0 Å². The molecule has 0 saturated heterocycles. The maximum atomic E-state index is 9.18. The standard InChI is InChI=1S/C16H15IN2O3/c1-9-10(2)22-16(12(9)7-18)19-8-11-5-13(17)15(21-4)14(6-11)20-3/h5-6,8H,1-4H3/b19-8+. The average Bonchev–Trinajstić information content (AvgIpc) is 2.78. The minimum Gasteiger partial charge on any atom is -0.493 e. The van der Waals surface area contributed by atoms with Crippen molar-refractivity contribution < 1.29 is 13.9 Å². The van der Waals surface area contributed by atoms with Gasteiger partial charge in [-0.15, -0.1) is 0 Å². The first-order chi connectivity index (χ1) is 10.5. The maximum Gasteiger partial charge on any atom is 0.237 e. The fourth-order valence-corrected chi connectivity index (χ4v) is 2.82. The molecule has 0 saturated carbocycles. The molecule has 2 aromatic rings. The Balaban J connectivity index is 2.41. The summed E-state index contributed by atoms with van der Waals surface area (Å²) in [6.07, 6.45) is 1.64. The number of halogens is 1. The molecule has 0 aliphatic heterocycles. The Morgan fingerprint density at radius 3 is 2.59 bits per heavy atom. The second-order valence-electron chi connectivity index (χ2n) is 4.57. The summed E-state index contributed by atoms with van der Waals surface area (Å²) in [7, 11) is 3.18. The predicted molar refractivity (Wildman–Crippen MR) is 92.4 cm³/mol. The minimum atomic E-state index is 0.322. The van der Waals surface area contributed by atoms with Crippen LogP contribution in [0, 0.1) is 28.7 Å². The molecule has 0 bridgehead atoms. The van der Waals surface area contributed by atoms with Crippen molar-refractivity contribution in [3.05, 3.63) is 38.2 Å². The molecule has 6 heteroatoms. The molecule has 1 heterocycles. The fraction of sp³-hybridized carbons (Fsp3) is 0.250. The molecule has 0 N–H and O–H groups in total. The Bertz CT molecular complexity index is 773. The molecule has 0 aliphatic rings. The van der Waals surface area contributed by atoms with E-state index in [9.17, 15) is 5.26 Å². The molecule has 0 radical (unpaired) electrons. The quantitative estimate of drug-likeness (QED) is 0.561. The van der Waals surface area contributed by atoms with Crippen molar-refractivity contribution in [3.8, 4) is 17.6 Å². The first-order valence-electron chi connectivity index (χ1n) is 6.47. The highest BCUT2D eigenvalue weighted by Gasteiger charge is 2.13. The number of ether oxygens (including phenoxy) is 2. The zero-order chi connectivity index (χ0) is 16.3. The van der Waals surface area contributed by atoms with Gasteiger partial charge in [-0.3, -0.25) is 0 Å². The Morgan fingerprint density at radius 1 is 1.27 bits per heavy atom. The predicted octanol–water partition coefficient (Wildman–Crippen LogP) is 4.14. The SMILES string of the molecule is COc1cc(/C=N/c2oc(C)c(C)c2C#N)cc(I)c1OC. The number of nitriles is 1. The van der Waals surface area contributed by atoms with Crippen LogP contribution in [0.1, 0.15) is 22.5 Å². The smallest absolute Gasteiger partial charge is 0.237 e. The number of furan rings is 1. The molecule has 22 heavy (non-hydrogen) atoms. The lowest BCUT2D eigenvalue weighted by Crippen LogP contribution is -1.95. The van der Waals surface area contributed by atoms with Gasteiger partial charge in [0.15, 0.2) is 11.5 Å². The number of methoxy groups -OCH3 is 2. The lowest BCUT2D eigenvalue weighted by molar-refractivity contribution is 0.353. The number of hydrogen-bond donors (Lipinski definition) is 0. The zero-order valence-electron chi connectivity index (χ0n) is 12.7. The van der Waals surface area contributed by atoms with Crippen LogP contribution in [0.4, 0.5) is 5.88 Å². The van der Waals surface area contributed by atoms with Crippen molar-refractivity contribution in [2.45, 2.75) is 13.8 Å². The third-order valence-corrected chi connectivity index (χ3v) is 4.07. The molecule has 114 valence electrons. The number of aryl methyl sites for hydroxylation is 1. The molecule has 0 spiro atoms. The van der Waals surface area contributed by atoms with Crippen molar-refractivity contribution in [1.82, 2.24) is 0 Å². The topological polar surface area (TPSA) is 67.8 Å². The van der Waals surface area contributed by atoms with E-state index in [1.807, 2.05) is 26.0 Å². The third kappa shape index (κ3) is 3.09. The summed E-state index contributed by atoms with van der Waals surface area (Å²) >= 11 is 2.17. The first-order valence-corrected chi connectivity index (χ1v) is 7.55. The number of aliphatic imine (C=N–C) groups is 1. The lowest BCUT2D eigenvalue weighted by atomic mass is 10.2. The normalized spacial score (nSPS) is 10.7. The monoisotopic (exact) mass is 410 g/mol. The molecular weight excluding hydrogens is 395 g/mol. The van der Waals surface area contributed by atoms with Crippen molar-refractivity contribution in [1.29, 1.82) is 5.26 Å². The van der Waals surface area contributed by atoms with Gasteiger partial charge in [-0.25, -0.2) is 4.99 Å². The van der Waals surface area contributed by atoms with Crippen LogP contribution in [0.15, 0.2) is 21.5 Å². The summed E-state index contributed by atoms with van der Waals surface area (Å²) in [5.74, 6) is 2.33. The Hall–Kier alpha value is -2.01. The summed E-state index contributed by atoms with van der Waals surface area (Å²) in [5, 5.41) is 9.18. The second kappa shape index (κ2) is 6.83. The van der Waals surface area contributed by atoms with Gasteiger partial charge in [0.05, 0.1) is 17.8 Å². The number of rotatable bonds is 4. The van der Waals surface area contributed by atoms with Crippen molar-refractivity contribution in [3.63, 3.8) is 0 Å². The third-order valence-electron chi connectivity index (χ3n) is 3.27. The Morgan fingerprint density at radius 2 is 2.00 bits per heavy atom. The summed E-state index contributed by atoms with van der Waals surface area (Å²) < 4.78 is 17.0. The van der Waals surface area contributed by atoms with E-state index >= 15 is 0 Å². The molecule has 0 unspecified atom stereocenters. The molecule has 5 nitrogen and oxygen atoms in total. The van der Waals surface area contributed by atoms with E-state index in [1.54, 1.807) is 20.4 Å². The fourth-order valence-electron chi connectivity index (χ4n) is 1.98. The van der Waals surface area contributed by atoms with E-state index in [4.69, 9.17) is 13.9 Å². The van der Waals surface area contributed by atoms with E-state index in [2.05, 4.69) is 33.7 Å². The van der Waals surface area contributed by atoms with E-state index in [0.29, 0.717) is 28.7 Å². The average molecular weight is 410 g/mol. The summed E-state index contributed by atoms with van der Waals surface area (Å²) in [6.45, 7) is 3.66. The lowest BCUT2D eigenvalue weighted by Gasteiger charge is -2.10. The van der Waals surface area contributed by atoms with Gasteiger partial charge in [0.1, 0.15) is 17.4 Å². The second-order valence-corrected chi connectivity index (χ2v) is 5.73. The molecule has 2 rings (SSSR count). The summed E-state index contributed by atoms with van der Waals surface area (Å²) in [6, 6.07) is 5.85. The largest absolute Gasteiger partial charge is 0.493 e. The van der Waals surface area contributed by atoms with E-state index in [0.717, 1.165) is 14.7 Å². The van der Waals surface area contributed by atoms with E-state index < -0.39 is 0 Å². The Labute approximate surface area is 142 Å². The highest BCUT2D eigenvalue weighted by molar-refractivity contribution is 14.1. The highest BCUT2D eigenvalue weighted by atomic mass is 127. The molecule has 0 amide bonds. The molecule has 0 aliphatic carbocycles. The highest BCUT2D eigenvalue weighted by Crippen LogP contribution is 2.33. The van der Waals surface area contributed by atoms with Crippen LogP contribution in [0.3, 0.4) is 0 Å². The van der Waals surface area contributed by atoms with Gasteiger partial charge in [-0.1, -0.05) is 0 Å². The maximum absolute atomic E-state index is 9.18. The summed E-state index contributed by atoms with van der Waals surface area (Å²) in [4.78, 5) is 4.29. The van der Waals surface area contributed by atoms with Gasteiger partial charge in [0, 0.05) is 11.8 Å². The van der Waals surface area contributed by atoms with Crippen LogP contribution in [0.25, 0.3) is 0 Å². The minimum absolute atomic E-state index is 0.322. The van der Waals surface area contributed by atoms with Crippen molar-refractivity contribution in [2.24, 2.45) is 4.99 Å². The van der Waals surface area contributed by atoms with Crippen LogP contribution < -0.4 is 9.47 Å². The van der Waals surface area contributed by atoms with Gasteiger partial charge in [-0.2, -0.15) is 5.26 Å². The molecule has 1 aromatic carbocycles. The van der Waals surface area contributed by atoms with Gasteiger partial charge in [-0.05, 0) is 54.1 Å². The van der Waals surface area contributed by atoms with Crippen LogP contribution in [0.2, 0.25) is 0 Å². The van der Waals surface area contributed by atoms with E-state index in [-0.39, 0.29) is 0 Å².